The number of benzene rings is 1. The van der Waals surface area contributed by atoms with Gasteiger partial charge in [0, 0.05) is 16.4 Å². The molecule has 0 unspecified atom stereocenters. The molecule has 0 saturated carbocycles. The van der Waals surface area contributed by atoms with Crippen molar-refractivity contribution in [3.63, 3.8) is 0 Å². The Balaban J connectivity index is 2.17. The molecule has 1 N–H and O–H groups in total. The quantitative estimate of drug-likeness (QED) is 0.887. The van der Waals surface area contributed by atoms with E-state index >= 15 is 0 Å². The summed E-state index contributed by atoms with van der Waals surface area (Å²) >= 11 is 0. The van der Waals surface area contributed by atoms with Gasteiger partial charge in [-0.2, -0.15) is 0 Å². The van der Waals surface area contributed by atoms with Gasteiger partial charge in [0.05, 0.1) is 11.4 Å². The SMILES string of the molecule is CCc1ccc(-c2nc(C[S@@](=O)CC(=O)O)c(C)o2)cc1. The molecule has 6 heteroatoms. The highest BCUT2D eigenvalue weighted by Gasteiger charge is 2.15. The van der Waals surface area contributed by atoms with Gasteiger partial charge in [-0.05, 0) is 31.0 Å². The van der Waals surface area contributed by atoms with Crippen LogP contribution < -0.4 is 0 Å². The molecule has 1 aromatic carbocycles. The molecule has 0 fully saturated rings. The summed E-state index contributed by atoms with van der Waals surface area (Å²) in [5.41, 5.74) is 2.62. The maximum absolute atomic E-state index is 11.7. The third-order valence-corrected chi connectivity index (χ3v) is 4.25. The molecule has 0 radical (unpaired) electrons. The van der Waals surface area contributed by atoms with Crippen LogP contribution in [0.25, 0.3) is 11.5 Å². The Morgan fingerprint density at radius 1 is 1.33 bits per heavy atom. The van der Waals surface area contributed by atoms with E-state index in [0.29, 0.717) is 17.3 Å². The number of aliphatic carboxylic acids is 1. The van der Waals surface area contributed by atoms with Gasteiger partial charge >= 0.3 is 5.97 Å². The number of carboxylic acids is 1. The van der Waals surface area contributed by atoms with Crippen molar-refractivity contribution < 1.29 is 18.5 Å². The molecule has 21 heavy (non-hydrogen) atoms. The summed E-state index contributed by atoms with van der Waals surface area (Å²) in [6.45, 7) is 3.82. The molecule has 0 amide bonds. The van der Waals surface area contributed by atoms with Gasteiger partial charge in [-0.25, -0.2) is 4.98 Å². The Hall–Kier alpha value is -1.95. The third-order valence-electron chi connectivity index (χ3n) is 3.08. The molecule has 0 spiro atoms. The van der Waals surface area contributed by atoms with Crippen LogP contribution in [0.4, 0.5) is 0 Å². The van der Waals surface area contributed by atoms with Gasteiger partial charge in [0.2, 0.25) is 5.89 Å². The number of carboxylic acid groups (broad SMARTS) is 1. The zero-order valence-corrected chi connectivity index (χ0v) is 12.8. The van der Waals surface area contributed by atoms with Gasteiger partial charge in [0.25, 0.3) is 0 Å². The monoisotopic (exact) mass is 307 g/mol. The van der Waals surface area contributed by atoms with Crippen LogP contribution in [0.1, 0.15) is 23.9 Å². The number of carbonyl (C=O) groups is 1. The summed E-state index contributed by atoms with van der Waals surface area (Å²) in [4.78, 5) is 14.9. The summed E-state index contributed by atoms with van der Waals surface area (Å²) in [5, 5.41) is 8.63. The highest BCUT2D eigenvalue weighted by Crippen LogP contribution is 2.23. The molecule has 2 aromatic rings. The first-order valence-corrected chi connectivity index (χ1v) is 8.10. The molecular formula is C15H17NO4S. The van der Waals surface area contributed by atoms with Gasteiger partial charge in [0.1, 0.15) is 11.5 Å². The van der Waals surface area contributed by atoms with Crippen molar-refractivity contribution in [1.29, 1.82) is 0 Å². The summed E-state index contributed by atoms with van der Waals surface area (Å²) in [5.74, 6) is -0.327. The van der Waals surface area contributed by atoms with Crippen LogP contribution >= 0.6 is 0 Å². The van der Waals surface area contributed by atoms with Crippen LogP contribution in [0, 0.1) is 6.92 Å². The fourth-order valence-electron chi connectivity index (χ4n) is 1.91. The van der Waals surface area contributed by atoms with E-state index in [-0.39, 0.29) is 11.5 Å². The molecule has 0 aliphatic rings. The van der Waals surface area contributed by atoms with Crippen LogP contribution in [-0.2, 0) is 27.8 Å². The average molecular weight is 307 g/mol. The maximum Gasteiger partial charge on any atom is 0.316 e. The van der Waals surface area contributed by atoms with Gasteiger partial charge in [-0.15, -0.1) is 0 Å². The normalized spacial score (nSPS) is 12.3. The van der Waals surface area contributed by atoms with E-state index in [0.717, 1.165) is 12.0 Å². The van der Waals surface area contributed by atoms with Crippen molar-refractivity contribution in [3.8, 4) is 11.5 Å². The molecule has 2 rings (SSSR count). The molecule has 5 nitrogen and oxygen atoms in total. The minimum absolute atomic E-state index is 0.0919. The first kappa shape index (κ1) is 15.4. The summed E-state index contributed by atoms with van der Waals surface area (Å²) in [6, 6.07) is 7.89. The van der Waals surface area contributed by atoms with Gasteiger partial charge in [-0.1, -0.05) is 19.1 Å². The van der Waals surface area contributed by atoms with Gasteiger partial charge in [-0.3, -0.25) is 9.00 Å². The minimum Gasteiger partial charge on any atom is -0.481 e. The lowest BCUT2D eigenvalue weighted by atomic mass is 10.1. The Bertz CT molecular complexity index is 661. The lowest BCUT2D eigenvalue weighted by Gasteiger charge is -1.98. The highest BCUT2D eigenvalue weighted by atomic mass is 32.2. The molecule has 0 aliphatic carbocycles. The first-order chi connectivity index (χ1) is 9.99. The van der Waals surface area contributed by atoms with Crippen LogP contribution in [0.3, 0.4) is 0 Å². The van der Waals surface area contributed by atoms with E-state index in [1.54, 1.807) is 6.92 Å². The minimum atomic E-state index is -1.48. The second-order valence-corrected chi connectivity index (χ2v) is 6.15. The largest absolute Gasteiger partial charge is 0.481 e. The van der Waals surface area contributed by atoms with E-state index in [4.69, 9.17) is 9.52 Å². The maximum atomic E-state index is 11.7. The van der Waals surface area contributed by atoms with Crippen molar-refractivity contribution >= 4 is 16.8 Å². The molecule has 1 heterocycles. The zero-order valence-electron chi connectivity index (χ0n) is 12.0. The Morgan fingerprint density at radius 3 is 2.57 bits per heavy atom. The fraction of sp³-hybridized carbons (Fsp3) is 0.333. The Labute approximate surface area is 125 Å². The van der Waals surface area contributed by atoms with Crippen LogP contribution in [0.2, 0.25) is 0 Å². The van der Waals surface area contributed by atoms with Crippen molar-refractivity contribution in [1.82, 2.24) is 4.98 Å². The average Bonchev–Trinajstić information content (AvgIpc) is 2.79. The number of hydrogen-bond donors (Lipinski definition) is 1. The Kier molecular flexibility index (Phi) is 4.90. The number of rotatable bonds is 6. The first-order valence-electron chi connectivity index (χ1n) is 6.62. The number of nitrogens with zero attached hydrogens (tertiary/aromatic N) is 1. The van der Waals surface area contributed by atoms with E-state index in [1.807, 2.05) is 24.3 Å². The van der Waals surface area contributed by atoms with E-state index in [9.17, 15) is 9.00 Å². The van der Waals surface area contributed by atoms with Crippen molar-refractivity contribution in [3.05, 3.63) is 41.3 Å². The molecule has 112 valence electrons. The number of hydrogen-bond acceptors (Lipinski definition) is 4. The van der Waals surface area contributed by atoms with Crippen molar-refractivity contribution in [2.24, 2.45) is 0 Å². The molecule has 0 saturated heterocycles. The summed E-state index contributed by atoms with van der Waals surface area (Å²) in [7, 11) is -1.48. The van der Waals surface area contributed by atoms with Gasteiger partial charge < -0.3 is 9.52 Å². The van der Waals surface area contributed by atoms with E-state index < -0.39 is 16.8 Å². The number of aryl methyl sites for hydroxylation is 2. The number of oxazole rings is 1. The topological polar surface area (TPSA) is 80.4 Å². The fourth-order valence-corrected chi connectivity index (χ4v) is 2.86. The van der Waals surface area contributed by atoms with E-state index in [2.05, 4.69) is 11.9 Å². The van der Waals surface area contributed by atoms with Crippen molar-refractivity contribution in [2.75, 3.05) is 5.75 Å². The van der Waals surface area contributed by atoms with Gasteiger partial charge in [0.15, 0.2) is 0 Å². The third kappa shape index (κ3) is 4.01. The van der Waals surface area contributed by atoms with Crippen molar-refractivity contribution in [2.45, 2.75) is 26.0 Å². The predicted octanol–water partition coefficient (Wildman–Crippen LogP) is 2.55. The summed E-state index contributed by atoms with van der Waals surface area (Å²) in [6.07, 6.45) is 0.963. The molecule has 1 aromatic heterocycles. The van der Waals surface area contributed by atoms with Crippen LogP contribution in [0.15, 0.2) is 28.7 Å². The molecule has 0 aliphatic heterocycles. The molecule has 0 bridgehead atoms. The van der Waals surface area contributed by atoms with E-state index in [1.165, 1.54) is 5.56 Å². The standard InChI is InChI=1S/C15H17NO4S/c1-3-11-4-6-12(7-5-11)15-16-13(10(2)20-15)8-21(19)9-14(17)18/h4-7H,3,8-9H2,1-2H3,(H,17,18)/t21-/m1/s1. The molecular weight excluding hydrogens is 290 g/mol. The van der Waals surface area contributed by atoms with Crippen LogP contribution in [0.5, 0.6) is 0 Å². The second kappa shape index (κ2) is 6.67. The molecule has 1 atom stereocenters. The Morgan fingerprint density at radius 2 is 2.00 bits per heavy atom. The number of aromatic nitrogens is 1. The predicted molar refractivity (Wildman–Crippen MR) is 80.4 cm³/mol. The van der Waals surface area contributed by atoms with Crippen LogP contribution in [-0.4, -0.2) is 26.0 Å². The lowest BCUT2D eigenvalue weighted by Crippen LogP contribution is -2.11. The smallest absolute Gasteiger partial charge is 0.316 e. The second-order valence-electron chi connectivity index (χ2n) is 4.69. The zero-order chi connectivity index (χ0) is 15.4. The highest BCUT2D eigenvalue weighted by molar-refractivity contribution is 7.84. The lowest BCUT2D eigenvalue weighted by molar-refractivity contribution is -0.133. The summed E-state index contributed by atoms with van der Waals surface area (Å²) < 4.78 is 17.2.